The smallest absolute Gasteiger partial charge is 0.318 e. The van der Waals surface area contributed by atoms with Gasteiger partial charge in [0.15, 0.2) is 5.72 Å². The van der Waals surface area contributed by atoms with Crippen LogP contribution in [0.4, 0.5) is 4.79 Å². The van der Waals surface area contributed by atoms with Gasteiger partial charge < -0.3 is 20.5 Å². The average Bonchev–Trinajstić information content (AvgIpc) is 2.52. The largest absolute Gasteiger partial charge is 0.508 e. The Morgan fingerprint density at radius 3 is 2.60 bits per heavy atom. The molecule has 2 heterocycles. The number of aromatic hydroxyl groups is 1. The molecule has 2 atom stereocenters. The van der Waals surface area contributed by atoms with Crippen molar-refractivity contribution >= 4 is 6.03 Å². The normalized spacial score (nSPS) is 27.0. The van der Waals surface area contributed by atoms with Gasteiger partial charge in [-0.1, -0.05) is 36.4 Å². The topological polar surface area (TPSA) is 70.6 Å². The lowest BCUT2D eigenvalue weighted by atomic mass is 9.77. The Morgan fingerprint density at radius 1 is 1.12 bits per heavy atom. The Labute approximate surface area is 147 Å². The molecule has 5 nitrogen and oxygen atoms in total. The van der Waals surface area contributed by atoms with Gasteiger partial charge in [-0.3, -0.25) is 0 Å². The highest BCUT2D eigenvalue weighted by molar-refractivity contribution is 5.77. The number of phenols is 1. The number of phenolic OH excluding ortho intramolecular Hbond substituents is 1. The number of ether oxygens (including phenoxy) is 1. The van der Waals surface area contributed by atoms with Crippen LogP contribution in [0.5, 0.6) is 11.5 Å². The third-order valence-corrected chi connectivity index (χ3v) is 4.93. The van der Waals surface area contributed by atoms with Crippen LogP contribution >= 0.6 is 0 Å². The molecule has 0 radical (unpaired) electrons. The van der Waals surface area contributed by atoms with Gasteiger partial charge in [-0.2, -0.15) is 0 Å². The number of amides is 2. The summed E-state index contributed by atoms with van der Waals surface area (Å²) >= 11 is 0. The van der Waals surface area contributed by atoms with Crippen LogP contribution in [0, 0.1) is 0 Å². The maximum Gasteiger partial charge on any atom is 0.318 e. The lowest BCUT2D eigenvalue weighted by Crippen LogP contribution is -2.69. The van der Waals surface area contributed by atoms with Gasteiger partial charge in [-0.05, 0) is 25.5 Å². The van der Waals surface area contributed by atoms with E-state index in [1.54, 1.807) is 12.1 Å². The zero-order valence-electron chi connectivity index (χ0n) is 14.4. The van der Waals surface area contributed by atoms with Crippen molar-refractivity contribution < 1.29 is 14.6 Å². The van der Waals surface area contributed by atoms with Gasteiger partial charge in [-0.25, -0.2) is 4.79 Å². The second-order valence-corrected chi connectivity index (χ2v) is 7.63. The lowest BCUT2D eigenvalue weighted by Gasteiger charge is -2.49. The van der Waals surface area contributed by atoms with Crippen molar-refractivity contribution in [1.82, 2.24) is 10.6 Å². The van der Waals surface area contributed by atoms with Crippen LogP contribution in [0.25, 0.3) is 0 Å². The summed E-state index contributed by atoms with van der Waals surface area (Å²) < 4.78 is 6.27. The molecule has 1 fully saturated rings. The Hall–Kier alpha value is -2.69. The molecule has 5 heteroatoms. The molecule has 25 heavy (non-hydrogen) atoms. The SMILES string of the molecule is CC1(C)C[C@]2(C[C@H](c3ccccc3)c3ccc(O)cc3O2)NC(=O)N1. The third-order valence-electron chi connectivity index (χ3n) is 4.93. The molecule has 130 valence electrons. The Bertz CT molecular complexity index is 819. The van der Waals surface area contributed by atoms with E-state index in [0.717, 1.165) is 5.56 Å². The molecule has 0 unspecified atom stereocenters. The van der Waals surface area contributed by atoms with E-state index in [1.165, 1.54) is 5.56 Å². The molecule has 0 saturated carbocycles. The maximum atomic E-state index is 12.2. The molecule has 4 rings (SSSR count). The fourth-order valence-corrected chi connectivity index (χ4v) is 4.11. The molecular weight excluding hydrogens is 316 g/mol. The summed E-state index contributed by atoms with van der Waals surface area (Å²) in [5.41, 5.74) is 1.02. The second-order valence-electron chi connectivity index (χ2n) is 7.63. The van der Waals surface area contributed by atoms with Crippen LogP contribution in [0.1, 0.15) is 43.7 Å². The molecule has 0 aliphatic carbocycles. The van der Waals surface area contributed by atoms with Crippen molar-refractivity contribution in [1.29, 1.82) is 0 Å². The first-order valence-corrected chi connectivity index (χ1v) is 8.53. The summed E-state index contributed by atoms with van der Waals surface area (Å²) in [4.78, 5) is 12.2. The fourth-order valence-electron chi connectivity index (χ4n) is 4.11. The first-order valence-electron chi connectivity index (χ1n) is 8.53. The summed E-state index contributed by atoms with van der Waals surface area (Å²) in [5, 5.41) is 15.8. The number of carbonyl (C=O) groups is 1. The van der Waals surface area contributed by atoms with E-state index in [2.05, 4.69) is 22.8 Å². The van der Waals surface area contributed by atoms with Crippen molar-refractivity contribution in [2.45, 2.75) is 43.9 Å². The Kier molecular flexibility index (Phi) is 3.42. The number of fused-ring (bicyclic) bond motifs is 1. The number of urea groups is 1. The van der Waals surface area contributed by atoms with E-state index >= 15 is 0 Å². The number of hydrogen-bond donors (Lipinski definition) is 3. The van der Waals surface area contributed by atoms with Gasteiger partial charge in [0.1, 0.15) is 11.5 Å². The van der Waals surface area contributed by atoms with E-state index in [4.69, 9.17) is 4.74 Å². The molecule has 2 amide bonds. The van der Waals surface area contributed by atoms with E-state index in [-0.39, 0.29) is 23.2 Å². The van der Waals surface area contributed by atoms with Crippen LogP contribution in [0.15, 0.2) is 48.5 Å². The fraction of sp³-hybridized carbons (Fsp3) is 0.350. The minimum atomic E-state index is -0.798. The maximum absolute atomic E-state index is 12.2. The van der Waals surface area contributed by atoms with E-state index < -0.39 is 5.72 Å². The first-order chi connectivity index (χ1) is 11.9. The first kappa shape index (κ1) is 15.8. The number of rotatable bonds is 1. The predicted molar refractivity (Wildman–Crippen MR) is 94.7 cm³/mol. The van der Waals surface area contributed by atoms with Crippen LogP contribution in [-0.4, -0.2) is 22.4 Å². The Morgan fingerprint density at radius 2 is 1.88 bits per heavy atom. The molecule has 3 N–H and O–H groups in total. The zero-order valence-corrected chi connectivity index (χ0v) is 14.4. The molecule has 2 aliphatic heterocycles. The Balaban J connectivity index is 1.82. The van der Waals surface area contributed by atoms with Crippen LogP contribution in [0.3, 0.4) is 0 Å². The standard InChI is InChI=1S/C20H22N2O3/c1-19(2)12-20(22-18(24)21-19)11-16(13-6-4-3-5-7-13)15-9-8-14(23)10-17(15)25-20/h3-10,16,23H,11-12H2,1-2H3,(H2,21,22,24)/t16-,20-/m1/s1. The van der Waals surface area contributed by atoms with Crippen molar-refractivity contribution in [2.75, 3.05) is 0 Å². The van der Waals surface area contributed by atoms with Gasteiger partial charge in [0.05, 0.1) is 0 Å². The highest BCUT2D eigenvalue weighted by Gasteiger charge is 2.49. The quantitative estimate of drug-likeness (QED) is 0.745. The summed E-state index contributed by atoms with van der Waals surface area (Å²) in [6.45, 7) is 3.98. The number of benzene rings is 2. The number of nitrogens with one attached hydrogen (secondary N) is 2. The molecular formula is C20H22N2O3. The van der Waals surface area contributed by atoms with Crippen LogP contribution < -0.4 is 15.4 Å². The summed E-state index contributed by atoms with van der Waals surface area (Å²) in [7, 11) is 0. The molecule has 2 aromatic carbocycles. The van der Waals surface area contributed by atoms with Crippen LogP contribution in [-0.2, 0) is 0 Å². The number of hydrogen-bond acceptors (Lipinski definition) is 3. The molecule has 2 aliphatic rings. The summed E-state index contributed by atoms with van der Waals surface area (Å²) in [5.74, 6) is 0.861. The van der Waals surface area contributed by atoms with Gasteiger partial charge in [0.2, 0.25) is 0 Å². The molecule has 2 aromatic rings. The average molecular weight is 338 g/mol. The van der Waals surface area contributed by atoms with Gasteiger partial charge in [0, 0.05) is 35.9 Å². The highest BCUT2D eigenvalue weighted by Crippen LogP contribution is 2.47. The zero-order chi connectivity index (χ0) is 17.7. The summed E-state index contributed by atoms with van der Waals surface area (Å²) in [6.07, 6.45) is 1.27. The molecule has 1 spiro atoms. The monoisotopic (exact) mass is 338 g/mol. The predicted octanol–water partition coefficient (Wildman–Crippen LogP) is 3.48. The minimum absolute atomic E-state index is 0.0831. The van der Waals surface area contributed by atoms with Crippen molar-refractivity contribution in [3.63, 3.8) is 0 Å². The van der Waals surface area contributed by atoms with Crippen molar-refractivity contribution in [3.8, 4) is 11.5 Å². The van der Waals surface area contributed by atoms with Crippen LogP contribution in [0.2, 0.25) is 0 Å². The highest BCUT2D eigenvalue weighted by atomic mass is 16.5. The number of carbonyl (C=O) groups excluding carboxylic acids is 1. The minimum Gasteiger partial charge on any atom is -0.508 e. The summed E-state index contributed by atoms with van der Waals surface area (Å²) in [6, 6.07) is 15.2. The lowest BCUT2D eigenvalue weighted by molar-refractivity contribution is -0.0236. The van der Waals surface area contributed by atoms with Crippen molar-refractivity contribution in [2.24, 2.45) is 0 Å². The molecule has 0 aromatic heterocycles. The van der Waals surface area contributed by atoms with Gasteiger partial charge in [-0.15, -0.1) is 0 Å². The third kappa shape index (κ3) is 2.90. The molecule has 1 saturated heterocycles. The van der Waals surface area contributed by atoms with Gasteiger partial charge in [0.25, 0.3) is 0 Å². The van der Waals surface area contributed by atoms with Gasteiger partial charge >= 0.3 is 6.03 Å². The van der Waals surface area contributed by atoms with E-state index in [0.29, 0.717) is 18.6 Å². The van der Waals surface area contributed by atoms with E-state index in [9.17, 15) is 9.90 Å². The molecule has 0 bridgehead atoms. The second kappa shape index (κ2) is 5.41. The van der Waals surface area contributed by atoms with Crippen molar-refractivity contribution in [3.05, 3.63) is 59.7 Å². The van der Waals surface area contributed by atoms with E-state index in [1.807, 2.05) is 38.1 Å².